The number of carbonyl (C=O) groups is 1. The molecule has 1 aromatic heterocycles. The smallest absolute Gasteiger partial charge is 0.291 e. The van der Waals surface area contributed by atoms with Gasteiger partial charge in [-0.15, -0.1) is 0 Å². The van der Waals surface area contributed by atoms with E-state index in [4.69, 9.17) is 0 Å². The van der Waals surface area contributed by atoms with Gasteiger partial charge in [0.25, 0.3) is 5.56 Å². The average Bonchev–Trinajstić information content (AvgIpc) is 2.73. The molecule has 2 N–H and O–H groups in total. The molecule has 29 heavy (non-hydrogen) atoms. The molecule has 2 aromatic carbocycles. The third kappa shape index (κ3) is 4.16. The van der Waals surface area contributed by atoms with Crippen LogP contribution in [0.1, 0.15) is 29.5 Å². The Kier molecular flexibility index (Phi) is 5.34. The molecule has 0 radical (unpaired) electrons. The van der Waals surface area contributed by atoms with Crippen LogP contribution in [0.4, 0.5) is 5.82 Å². The van der Waals surface area contributed by atoms with Crippen molar-refractivity contribution in [1.82, 2.24) is 15.3 Å². The van der Waals surface area contributed by atoms with Crippen LogP contribution in [-0.2, 0) is 11.3 Å². The zero-order valence-corrected chi connectivity index (χ0v) is 16.9. The molecule has 2 heterocycles. The Morgan fingerprint density at radius 3 is 2.93 bits per heavy atom. The lowest BCUT2D eigenvalue weighted by atomic mass is 9.97. The first-order valence-electron chi connectivity index (χ1n) is 10.1. The van der Waals surface area contributed by atoms with Crippen molar-refractivity contribution in [3.8, 4) is 0 Å². The van der Waals surface area contributed by atoms with Crippen LogP contribution in [0.15, 0.2) is 47.3 Å². The largest absolute Gasteiger partial charge is 0.352 e. The molecule has 4 rings (SSSR count). The van der Waals surface area contributed by atoms with Gasteiger partial charge in [-0.3, -0.25) is 9.59 Å². The maximum atomic E-state index is 12.8. The first-order valence-corrected chi connectivity index (χ1v) is 10.1. The molecule has 6 nitrogen and oxygen atoms in total. The number of fused-ring (bicyclic) bond motifs is 1. The topological polar surface area (TPSA) is 78.1 Å². The number of H-pyrrole nitrogens is 1. The van der Waals surface area contributed by atoms with Gasteiger partial charge in [0.15, 0.2) is 5.82 Å². The zero-order chi connectivity index (χ0) is 20.4. The molecule has 0 bridgehead atoms. The highest BCUT2D eigenvalue weighted by Crippen LogP contribution is 2.21. The molecule has 1 atom stereocenters. The van der Waals surface area contributed by atoms with E-state index in [1.165, 1.54) is 11.1 Å². The maximum Gasteiger partial charge on any atom is 0.291 e. The van der Waals surface area contributed by atoms with Crippen molar-refractivity contribution < 1.29 is 4.79 Å². The van der Waals surface area contributed by atoms with E-state index in [1.54, 1.807) is 0 Å². The van der Waals surface area contributed by atoms with Crippen LogP contribution in [0.5, 0.6) is 0 Å². The summed E-state index contributed by atoms with van der Waals surface area (Å²) in [6.07, 6.45) is 1.68. The number of para-hydroxylation sites is 2. The molecule has 0 unspecified atom stereocenters. The van der Waals surface area contributed by atoms with Crippen LogP contribution >= 0.6 is 0 Å². The molecule has 0 saturated carbocycles. The fourth-order valence-corrected chi connectivity index (χ4v) is 3.94. The first kappa shape index (κ1) is 19.2. The number of amides is 1. The normalized spacial score (nSPS) is 16.8. The number of anilines is 1. The van der Waals surface area contributed by atoms with E-state index in [2.05, 4.69) is 47.3 Å². The molecular formula is C23H26N4O2. The van der Waals surface area contributed by atoms with Crippen LogP contribution in [0.25, 0.3) is 11.0 Å². The summed E-state index contributed by atoms with van der Waals surface area (Å²) in [5.41, 5.74) is 4.77. The second-order valence-electron chi connectivity index (χ2n) is 7.84. The highest BCUT2D eigenvalue weighted by atomic mass is 16.2. The van der Waals surface area contributed by atoms with Crippen LogP contribution in [0, 0.1) is 19.8 Å². The second kappa shape index (κ2) is 8.07. The summed E-state index contributed by atoms with van der Waals surface area (Å²) in [6, 6.07) is 13.8. The van der Waals surface area contributed by atoms with Crippen molar-refractivity contribution in [1.29, 1.82) is 0 Å². The Morgan fingerprint density at radius 2 is 2.07 bits per heavy atom. The fraction of sp³-hybridized carbons (Fsp3) is 0.348. The van der Waals surface area contributed by atoms with Crippen molar-refractivity contribution in [3.63, 3.8) is 0 Å². The number of carbonyl (C=O) groups excluding carboxylic acids is 1. The van der Waals surface area contributed by atoms with Crippen molar-refractivity contribution in [2.24, 2.45) is 5.92 Å². The molecular weight excluding hydrogens is 364 g/mol. The molecule has 1 aliphatic rings. The quantitative estimate of drug-likeness (QED) is 0.718. The molecule has 0 spiro atoms. The van der Waals surface area contributed by atoms with Gasteiger partial charge >= 0.3 is 0 Å². The lowest BCUT2D eigenvalue weighted by Crippen LogP contribution is -2.45. The van der Waals surface area contributed by atoms with Crippen molar-refractivity contribution >= 4 is 22.8 Å². The zero-order valence-electron chi connectivity index (χ0n) is 16.9. The minimum atomic E-state index is -0.208. The van der Waals surface area contributed by atoms with E-state index >= 15 is 0 Å². The number of benzene rings is 2. The maximum absolute atomic E-state index is 12.8. The number of hydrogen-bond acceptors (Lipinski definition) is 4. The SMILES string of the molecule is Cc1ccc(C)c(CNC(=O)[C@@H]2CCCN(c3nc4ccccc4[nH]c3=O)C2)c1. The van der Waals surface area contributed by atoms with Gasteiger partial charge in [0.1, 0.15) is 0 Å². The number of hydrogen-bond donors (Lipinski definition) is 2. The molecule has 6 heteroatoms. The predicted molar refractivity (Wildman–Crippen MR) is 115 cm³/mol. The first-order chi connectivity index (χ1) is 14.0. The molecule has 1 saturated heterocycles. The Morgan fingerprint density at radius 1 is 1.24 bits per heavy atom. The number of nitrogens with zero attached hydrogens (tertiary/aromatic N) is 2. The summed E-state index contributed by atoms with van der Waals surface area (Å²) in [4.78, 5) is 34.7. The monoisotopic (exact) mass is 390 g/mol. The summed E-state index contributed by atoms with van der Waals surface area (Å²) in [6.45, 7) is 5.87. The van der Waals surface area contributed by atoms with E-state index in [-0.39, 0.29) is 17.4 Å². The van der Waals surface area contributed by atoms with Gasteiger partial charge in [-0.1, -0.05) is 35.9 Å². The number of piperidine rings is 1. The molecule has 1 aliphatic heterocycles. The summed E-state index contributed by atoms with van der Waals surface area (Å²) < 4.78 is 0. The van der Waals surface area contributed by atoms with Crippen LogP contribution < -0.4 is 15.8 Å². The highest BCUT2D eigenvalue weighted by Gasteiger charge is 2.28. The highest BCUT2D eigenvalue weighted by molar-refractivity contribution is 5.80. The lowest BCUT2D eigenvalue weighted by Gasteiger charge is -2.32. The molecule has 3 aromatic rings. The second-order valence-corrected chi connectivity index (χ2v) is 7.84. The standard InChI is InChI=1S/C23H26N4O2/c1-15-9-10-16(2)18(12-15)13-24-22(28)17-6-5-11-27(14-17)21-23(29)26-20-8-4-3-7-19(20)25-21/h3-4,7-10,12,17H,5-6,11,13-14H2,1-2H3,(H,24,28)(H,26,29)/t17-/m1/s1. The number of aromatic nitrogens is 2. The van der Waals surface area contributed by atoms with Gasteiger partial charge in [-0.05, 0) is 49.9 Å². The third-order valence-electron chi connectivity index (χ3n) is 5.63. The van der Waals surface area contributed by atoms with Gasteiger partial charge in [0.2, 0.25) is 5.91 Å². The molecule has 1 amide bonds. The number of rotatable bonds is 4. The van der Waals surface area contributed by atoms with Crippen LogP contribution in [0.3, 0.4) is 0 Å². The van der Waals surface area contributed by atoms with Crippen molar-refractivity contribution in [2.75, 3.05) is 18.0 Å². The Hall–Kier alpha value is -3.15. The summed E-state index contributed by atoms with van der Waals surface area (Å²) in [5.74, 6) is 0.282. The van der Waals surface area contributed by atoms with Crippen molar-refractivity contribution in [2.45, 2.75) is 33.2 Å². The van der Waals surface area contributed by atoms with Gasteiger partial charge in [0.05, 0.1) is 17.0 Å². The van der Waals surface area contributed by atoms with Gasteiger partial charge in [-0.2, -0.15) is 0 Å². The van der Waals surface area contributed by atoms with Gasteiger partial charge in [-0.25, -0.2) is 4.98 Å². The fourth-order valence-electron chi connectivity index (χ4n) is 3.94. The van der Waals surface area contributed by atoms with E-state index in [9.17, 15) is 9.59 Å². The predicted octanol–water partition coefficient (Wildman–Crippen LogP) is 3.07. The van der Waals surface area contributed by atoms with E-state index in [0.717, 1.165) is 36.0 Å². The summed E-state index contributed by atoms with van der Waals surface area (Å²) in [5, 5.41) is 3.08. The Labute approximate surface area is 170 Å². The van der Waals surface area contributed by atoms with E-state index < -0.39 is 0 Å². The minimum absolute atomic E-state index is 0.0350. The third-order valence-corrected chi connectivity index (χ3v) is 5.63. The van der Waals surface area contributed by atoms with Crippen LogP contribution in [0.2, 0.25) is 0 Å². The van der Waals surface area contributed by atoms with Gasteiger partial charge < -0.3 is 15.2 Å². The molecule has 0 aliphatic carbocycles. The van der Waals surface area contributed by atoms with Crippen molar-refractivity contribution in [3.05, 3.63) is 69.5 Å². The van der Waals surface area contributed by atoms with Crippen LogP contribution in [-0.4, -0.2) is 29.0 Å². The Balaban J connectivity index is 1.47. The number of nitrogens with one attached hydrogen (secondary N) is 2. The summed E-state index contributed by atoms with van der Waals surface area (Å²) >= 11 is 0. The van der Waals surface area contributed by atoms with E-state index in [1.807, 2.05) is 29.2 Å². The average molecular weight is 390 g/mol. The molecule has 1 fully saturated rings. The number of aryl methyl sites for hydroxylation is 2. The molecule has 150 valence electrons. The lowest BCUT2D eigenvalue weighted by molar-refractivity contribution is -0.125. The summed E-state index contributed by atoms with van der Waals surface area (Å²) in [7, 11) is 0. The minimum Gasteiger partial charge on any atom is -0.352 e. The van der Waals surface area contributed by atoms with E-state index in [0.29, 0.717) is 18.9 Å². The Bertz CT molecular complexity index is 1110. The number of aromatic amines is 1. The van der Waals surface area contributed by atoms with Gasteiger partial charge in [0, 0.05) is 19.6 Å².